The van der Waals surface area contributed by atoms with Crippen molar-refractivity contribution in [1.82, 2.24) is 4.57 Å². The van der Waals surface area contributed by atoms with Gasteiger partial charge in [0.1, 0.15) is 28.7 Å². The molecule has 0 spiro atoms. The van der Waals surface area contributed by atoms with Gasteiger partial charge in [0.25, 0.3) is 11.5 Å². The minimum absolute atomic E-state index is 0.0156. The fraction of sp³-hybridized carbons (Fsp3) is 0.240. The number of anilines is 2. The smallest absolute Gasteiger partial charge is 0.256 e. The standard InChI is InChI=1S/C23H22FN3O4.C2H6/c1-12-8-9-17(16(24)10-12)26-23-21(22(25)30)19(11-20(29)27(23)4)31-18-7-5-6-15(13(18)2)14(3)28;1-2/h5-11,26H,1-4H3,(H2,25,30);1-2H3. The number of hydrogen-bond acceptors (Lipinski definition) is 5. The van der Waals surface area contributed by atoms with E-state index in [-0.39, 0.29) is 34.4 Å². The summed E-state index contributed by atoms with van der Waals surface area (Å²) in [5.41, 5.74) is 6.73. The Bertz CT molecular complexity index is 1270. The van der Waals surface area contributed by atoms with Crippen LogP contribution < -0.4 is 21.3 Å². The maximum Gasteiger partial charge on any atom is 0.256 e. The van der Waals surface area contributed by atoms with Gasteiger partial charge in [0.05, 0.1) is 5.69 Å². The molecule has 2 aromatic carbocycles. The van der Waals surface area contributed by atoms with E-state index in [4.69, 9.17) is 10.5 Å². The molecule has 1 amide bonds. The number of ketones is 1. The number of halogens is 1. The number of ether oxygens (including phenoxy) is 1. The van der Waals surface area contributed by atoms with Gasteiger partial charge >= 0.3 is 0 Å². The number of pyridine rings is 1. The van der Waals surface area contributed by atoms with Gasteiger partial charge in [-0.2, -0.15) is 0 Å². The Hall–Kier alpha value is -3.94. The summed E-state index contributed by atoms with van der Waals surface area (Å²) in [7, 11) is 1.43. The van der Waals surface area contributed by atoms with E-state index in [1.165, 1.54) is 26.1 Å². The van der Waals surface area contributed by atoms with Crippen LogP contribution in [0.4, 0.5) is 15.9 Å². The van der Waals surface area contributed by atoms with Crippen LogP contribution >= 0.6 is 0 Å². The van der Waals surface area contributed by atoms with Crippen molar-refractivity contribution in [2.75, 3.05) is 5.32 Å². The lowest BCUT2D eigenvalue weighted by molar-refractivity contribution is 0.0993. The molecule has 1 aromatic heterocycles. The number of aryl methyl sites for hydroxylation is 1. The van der Waals surface area contributed by atoms with Gasteiger partial charge < -0.3 is 15.8 Å². The Balaban J connectivity index is 0.00000187. The van der Waals surface area contributed by atoms with E-state index in [0.717, 1.165) is 10.6 Å². The molecule has 0 radical (unpaired) electrons. The first kappa shape index (κ1) is 25.3. The molecule has 0 atom stereocenters. The first-order chi connectivity index (χ1) is 15.6. The summed E-state index contributed by atoms with van der Waals surface area (Å²) >= 11 is 0. The van der Waals surface area contributed by atoms with Crippen LogP contribution in [-0.4, -0.2) is 16.3 Å². The Morgan fingerprint density at radius 3 is 2.30 bits per heavy atom. The maximum atomic E-state index is 14.4. The van der Waals surface area contributed by atoms with Crippen LogP contribution in [0.3, 0.4) is 0 Å². The zero-order chi connectivity index (χ0) is 24.9. The molecule has 0 unspecified atom stereocenters. The summed E-state index contributed by atoms with van der Waals surface area (Å²) in [6.45, 7) is 8.86. The summed E-state index contributed by atoms with van der Waals surface area (Å²) < 4.78 is 21.4. The number of Topliss-reactive ketones (excluding diaryl/α,β-unsaturated/α-hetero) is 1. The normalized spacial score (nSPS) is 10.2. The quantitative estimate of drug-likeness (QED) is 0.511. The Morgan fingerprint density at radius 2 is 1.73 bits per heavy atom. The molecule has 7 nitrogen and oxygen atoms in total. The Kier molecular flexibility index (Phi) is 8.12. The van der Waals surface area contributed by atoms with E-state index in [9.17, 15) is 18.8 Å². The van der Waals surface area contributed by atoms with Crippen LogP contribution in [0.15, 0.2) is 47.3 Å². The summed E-state index contributed by atoms with van der Waals surface area (Å²) in [6, 6.07) is 10.5. The fourth-order valence-corrected chi connectivity index (χ4v) is 3.21. The first-order valence-electron chi connectivity index (χ1n) is 10.5. The summed E-state index contributed by atoms with van der Waals surface area (Å²) in [6.07, 6.45) is 0. The highest BCUT2D eigenvalue weighted by Gasteiger charge is 2.22. The molecule has 3 N–H and O–H groups in total. The number of carbonyl (C=O) groups is 2. The third kappa shape index (κ3) is 5.46. The largest absolute Gasteiger partial charge is 0.456 e. The van der Waals surface area contributed by atoms with Gasteiger partial charge in [0, 0.05) is 24.2 Å². The molecule has 0 saturated heterocycles. The molecule has 1 heterocycles. The number of primary amides is 1. The molecule has 3 rings (SSSR count). The summed E-state index contributed by atoms with van der Waals surface area (Å²) in [4.78, 5) is 36.7. The van der Waals surface area contributed by atoms with E-state index in [2.05, 4.69) is 5.32 Å². The molecule has 8 heteroatoms. The third-order valence-electron chi connectivity index (χ3n) is 4.91. The Morgan fingerprint density at radius 1 is 1.06 bits per heavy atom. The average molecular weight is 454 g/mol. The molecule has 0 fully saturated rings. The molecule has 33 heavy (non-hydrogen) atoms. The molecule has 0 aliphatic heterocycles. The van der Waals surface area contributed by atoms with Gasteiger partial charge in [0.15, 0.2) is 5.78 Å². The molecule has 0 aliphatic rings. The first-order valence-corrected chi connectivity index (χ1v) is 10.5. The van der Waals surface area contributed by atoms with Crippen molar-refractivity contribution in [3.63, 3.8) is 0 Å². The second kappa shape index (κ2) is 10.6. The number of carbonyl (C=O) groups excluding carboxylic acids is 2. The molecule has 0 saturated carbocycles. The minimum Gasteiger partial charge on any atom is -0.456 e. The number of amides is 1. The lowest BCUT2D eigenvalue weighted by atomic mass is 10.0. The van der Waals surface area contributed by atoms with Crippen molar-refractivity contribution < 1.29 is 18.7 Å². The van der Waals surface area contributed by atoms with Crippen LogP contribution in [0.5, 0.6) is 11.5 Å². The van der Waals surface area contributed by atoms with Gasteiger partial charge in [0.2, 0.25) is 0 Å². The number of nitrogens with zero attached hydrogens (tertiary/aromatic N) is 1. The number of aromatic nitrogens is 1. The maximum absolute atomic E-state index is 14.4. The van der Waals surface area contributed by atoms with E-state index in [0.29, 0.717) is 16.7 Å². The molecule has 3 aromatic rings. The summed E-state index contributed by atoms with van der Waals surface area (Å²) in [5.74, 6) is -1.41. The lowest BCUT2D eigenvalue weighted by Gasteiger charge is -2.19. The molecular weight excluding hydrogens is 425 g/mol. The average Bonchev–Trinajstić information content (AvgIpc) is 2.75. The van der Waals surface area contributed by atoms with Crippen molar-refractivity contribution in [2.24, 2.45) is 12.8 Å². The summed E-state index contributed by atoms with van der Waals surface area (Å²) in [5, 5.41) is 2.78. The van der Waals surface area contributed by atoms with Crippen molar-refractivity contribution in [3.05, 3.63) is 80.9 Å². The van der Waals surface area contributed by atoms with Gasteiger partial charge in [-0.1, -0.05) is 32.0 Å². The van der Waals surface area contributed by atoms with Crippen LogP contribution in [0.2, 0.25) is 0 Å². The highest BCUT2D eigenvalue weighted by Crippen LogP contribution is 2.33. The van der Waals surface area contributed by atoms with Crippen molar-refractivity contribution in [2.45, 2.75) is 34.6 Å². The topological polar surface area (TPSA) is 103 Å². The zero-order valence-corrected chi connectivity index (χ0v) is 19.6. The SMILES string of the molecule is CC.CC(=O)c1cccc(Oc2cc(=O)n(C)c(Nc3ccc(C)cc3F)c2C(N)=O)c1C. The number of hydrogen-bond donors (Lipinski definition) is 2. The van der Waals surface area contributed by atoms with Crippen molar-refractivity contribution in [1.29, 1.82) is 0 Å². The lowest BCUT2D eigenvalue weighted by Crippen LogP contribution is -2.25. The number of nitrogens with two attached hydrogens (primary N) is 1. The predicted molar refractivity (Wildman–Crippen MR) is 127 cm³/mol. The number of nitrogens with one attached hydrogen (secondary N) is 1. The Labute approximate surface area is 192 Å². The van der Waals surface area contributed by atoms with E-state index < -0.39 is 17.3 Å². The fourth-order valence-electron chi connectivity index (χ4n) is 3.21. The van der Waals surface area contributed by atoms with Gasteiger partial charge in [-0.3, -0.25) is 19.0 Å². The second-order valence-corrected chi connectivity index (χ2v) is 7.19. The molecule has 174 valence electrons. The molecular formula is C25H28FN3O4. The monoisotopic (exact) mass is 453 g/mol. The second-order valence-electron chi connectivity index (χ2n) is 7.19. The minimum atomic E-state index is -0.874. The van der Waals surface area contributed by atoms with Crippen LogP contribution in [0.1, 0.15) is 52.6 Å². The predicted octanol–water partition coefficient (Wildman–Crippen LogP) is 5.00. The highest BCUT2D eigenvalue weighted by molar-refractivity contribution is 6.01. The highest BCUT2D eigenvalue weighted by atomic mass is 19.1. The van der Waals surface area contributed by atoms with Crippen LogP contribution in [0, 0.1) is 19.7 Å². The number of benzene rings is 2. The number of rotatable bonds is 6. The van der Waals surface area contributed by atoms with E-state index >= 15 is 0 Å². The van der Waals surface area contributed by atoms with Gasteiger partial charge in [-0.05, 0) is 44.5 Å². The van der Waals surface area contributed by atoms with Crippen molar-refractivity contribution >= 4 is 23.2 Å². The van der Waals surface area contributed by atoms with Gasteiger partial charge in [-0.15, -0.1) is 0 Å². The third-order valence-corrected chi connectivity index (χ3v) is 4.91. The molecule has 0 aliphatic carbocycles. The molecule has 0 bridgehead atoms. The van der Waals surface area contributed by atoms with Gasteiger partial charge in [-0.25, -0.2) is 4.39 Å². The van der Waals surface area contributed by atoms with Crippen LogP contribution in [-0.2, 0) is 7.05 Å². The van der Waals surface area contributed by atoms with E-state index in [1.54, 1.807) is 38.1 Å². The zero-order valence-electron chi connectivity index (χ0n) is 19.6. The van der Waals surface area contributed by atoms with E-state index in [1.807, 2.05) is 13.8 Å². The van der Waals surface area contributed by atoms with Crippen molar-refractivity contribution in [3.8, 4) is 11.5 Å². The van der Waals surface area contributed by atoms with Crippen LogP contribution in [0.25, 0.3) is 0 Å².